The second-order valence-electron chi connectivity index (χ2n) is 5.12. The van der Waals surface area contributed by atoms with Crippen molar-refractivity contribution in [2.75, 3.05) is 23.4 Å². The fraction of sp³-hybridized carbons (Fsp3) is 0.222. The number of carbonyl (C=O) groups excluding carboxylic acids is 1. The van der Waals surface area contributed by atoms with Crippen molar-refractivity contribution in [3.63, 3.8) is 0 Å². The van der Waals surface area contributed by atoms with E-state index in [1.807, 2.05) is 49.4 Å². The van der Waals surface area contributed by atoms with Gasteiger partial charge < -0.3 is 15.0 Å². The highest BCUT2D eigenvalue weighted by atomic mass is 35.5. The zero-order valence-corrected chi connectivity index (χ0v) is 15.2. The van der Waals surface area contributed by atoms with Crippen molar-refractivity contribution in [3.05, 3.63) is 59.1 Å². The van der Waals surface area contributed by atoms with Crippen LogP contribution < -0.4 is 10.2 Å². The van der Waals surface area contributed by atoms with E-state index in [4.69, 9.17) is 28.6 Å². The minimum absolute atomic E-state index is 0.0311. The average Bonchev–Trinajstić information content (AvgIpc) is 2.57. The van der Waals surface area contributed by atoms with Crippen molar-refractivity contribution < 1.29 is 9.53 Å². The van der Waals surface area contributed by atoms with Gasteiger partial charge in [-0.05, 0) is 55.9 Å². The Hall–Kier alpha value is -2.11. The molecule has 0 aliphatic carbocycles. The van der Waals surface area contributed by atoms with E-state index in [-0.39, 0.29) is 12.5 Å². The van der Waals surface area contributed by atoms with E-state index in [1.54, 1.807) is 17.9 Å². The largest absolute Gasteiger partial charge is 0.465 e. The maximum atomic E-state index is 11.9. The Morgan fingerprint density at radius 2 is 1.96 bits per heavy atom. The van der Waals surface area contributed by atoms with Crippen LogP contribution in [0.25, 0.3) is 0 Å². The summed E-state index contributed by atoms with van der Waals surface area (Å²) in [7, 11) is 0. The molecule has 0 atom stereocenters. The Morgan fingerprint density at radius 3 is 2.62 bits per heavy atom. The summed E-state index contributed by atoms with van der Waals surface area (Å²) in [4.78, 5) is 13.6. The van der Waals surface area contributed by atoms with Crippen molar-refractivity contribution in [2.24, 2.45) is 0 Å². The third-order valence-corrected chi connectivity index (χ3v) is 3.90. The molecule has 4 nitrogen and oxygen atoms in total. The summed E-state index contributed by atoms with van der Waals surface area (Å²) in [6.07, 6.45) is 0. The molecule has 0 saturated heterocycles. The van der Waals surface area contributed by atoms with E-state index in [9.17, 15) is 4.79 Å². The average molecular weight is 363 g/mol. The van der Waals surface area contributed by atoms with Crippen molar-refractivity contribution in [1.29, 1.82) is 0 Å². The number of ether oxygens (including phenoxy) is 1. The van der Waals surface area contributed by atoms with Gasteiger partial charge in [-0.3, -0.25) is 4.79 Å². The Bertz CT molecular complexity index is 722. The minimum Gasteiger partial charge on any atom is -0.465 e. The van der Waals surface area contributed by atoms with E-state index in [2.05, 4.69) is 5.32 Å². The molecular formula is C18H19ClN2O2S. The van der Waals surface area contributed by atoms with Gasteiger partial charge in [0.25, 0.3) is 0 Å². The summed E-state index contributed by atoms with van der Waals surface area (Å²) in [6.45, 7) is 4.09. The number of hydrogen-bond donors (Lipinski definition) is 1. The molecule has 6 heteroatoms. The number of para-hydroxylation sites is 1. The lowest BCUT2D eigenvalue weighted by molar-refractivity contribution is -0.141. The summed E-state index contributed by atoms with van der Waals surface area (Å²) in [6, 6.07) is 15.0. The second kappa shape index (κ2) is 8.66. The van der Waals surface area contributed by atoms with Gasteiger partial charge in [-0.15, -0.1) is 0 Å². The Kier molecular flexibility index (Phi) is 6.58. The topological polar surface area (TPSA) is 41.6 Å². The third-order valence-electron chi connectivity index (χ3n) is 3.35. The fourth-order valence-electron chi connectivity index (χ4n) is 2.14. The van der Waals surface area contributed by atoms with Crippen LogP contribution in [-0.4, -0.2) is 24.2 Å². The first-order chi connectivity index (χ1) is 11.5. The molecule has 0 bridgehead atoms. The van der Waals surface area contributed by atoms with Crippen molar-refractivity contribution in [3.8, 4) is 0 Å². The molecule has 126 valence electrons. The number of benzene rings is 2. The molecule has 0 aliphatic heterocycles. The van der Waals surface area contributed by atoms with E-state index in [1.165, 1.54) is 0 Å². The first kappa shape index (κ1) is 18.2. The maximum absolute atomic E-state index is 11.9. The van der Waals surface area contributed by atoms with E-state index >= 15 is 0 Å². The quantitative estimate of drug-likeness (QED) is 0.630. The molecule has 0 aliphatic rings. The van der Waals surface area contributed by atoms with Gasteiger partial charge in [-0.1, -0.05) is 35.9 Å². The van der Waals surface area contributed by atoms with Crippen LogP contribution in [0, 0.1) is 6.92 Å². The minimum atomic E-state index is -0.340. The van der Waals surface area contributed by atoms with Crippen molar-refractivity contribution in [2.45, 2.75) is 13.8 Å². The number of nitrogens with one attached hydrogen (secondary N) is 1. The van der Waals surface area contributed by atoms with Crippen molar-refractivity contribution >= 4 is 46.3 Å². The van der Waals surface area contributed by atoms with Gasteiger partial charge in [0, 0.05) is 16.4 Å². The summed E-state index contributed by atoms with van der Waals surface area (Å²) in [5.41, 5.74) is 2.62. The van der Waals surface area contributed by atoms with Crippen LogP contribution in [-0.2, 0) is 9.53 Å². The predicted octanol–water partition coefficient (Wildman–Crippen LogP) is 4.41. The molecule has 0 aromatic heterocycles. The highest BCUT2D eigenvalue weighted by Gasteiger charge is 2.17. The second-order valence-corrected chi connectivity index (χ2v) is 5.94. The number of hydrogen-bond acceptors (Lipinski definition) is 3. The summed E-state index contributed by atoms with van der Waals surface area (Å²) >= 11 is 11.6. The molecule has 0 fully saturated rings. The maximum Gasteiger partial charge on any atom is 0.326 e. The number of thiocarbonyl (C=S) groups is 1. The number of nitrogens with zero attached hydrogens (tertiary/aromatic N) is 1. The summed E-state index contributed by atoms with van der Waals surface area (Å²) in [5.74, 6) is -0.340. The molecule has 1 N–H and O–H groups in total. The first-order valence-corrected chi connectivity index (χ1v) is 8.35. The molecule has 0 saturated carbocycles. The van der Waals surface area contributed by atoms with Crippen LogP contribution in [0.4, 0.5) is 11.4 Å². The van der Waals surface area contributed by atoms with Crippen LogP contribution in [0.3, 0.4) is 0 Å². The monoisotopic (exact) mass is 362 g/mol. The zero-order chi connectivity index (χ0) is 17.5. The first-order valence-electron chi connectivity index (χ1n) is 7.56. The van der Waals surface area contributed by atoms with E-state index in [0.29, 0.717) is 16.7 Å². The molecule has 24 heavy (non-hydrogen) atoms. The van der Waals surface area contributed by atoms with Gasteiger partial charge in [0.15, 0.2) is 5.11 Å². The van der Waals surface area contributed by atoms with Crippen LogP contribution in [0.2, 0.25) is 5.02 Å². The molecule has 0 unspecified atom stereocenters. The molecule has 0 radical (unpaired) electrons. The molecule has 2 rings (SSSR count). The lowest BCUT2D eigenvalue weighted by Crippen LogP contribution is -2.39. The molecule has 2 aromatic rings. The van der Waals surface area contributed by atoms with E-state index in [0.717, 1.165) is 16.9 Å². The smallest absolute Gasteiger partial charge is 0.326 e. The number of esters is 1. The SMILES string of the molecule is CCOC(=O)CN(C(=S)Nc1cc(Cl)ccc1C)c1ccccc1. The van der Waals surface area contributed by atoms with Gasteiger partial charge in [-0.25, -0.2) is 0 Å². The zero-order valence-electron chi connectivity index (χ0n) is 13.6. The number of rotatable bonds is 5. The van der Waals surface area contributed by atoms with Crippen LogP contribution >= 0.6 is 23.8 Å². The normalized spacial score (nSPS) is 10.1. The lowest BCUT2D eigenvalue weighted by Gasteiger charge is -2.25. The standard InChI is InChI=1S/C18H19ClN2O2S/c1-3-23-17(22)12-21(15-7-5-4-6-8-15)18(24)20-16-11-14(19)10-9-13(16)2/h4-11H,3,12H2,1-2H3,(H,20,24). The van der Waals surface area contributed by atoms with Gasteiger partial charge in [0.05, 0.1) is 6.61 Å². The van der Waals surface area contributed by atoms with Gasteiger partial charge in [0.2, 0.25) is 0 Å². The fourth-order valence-corrected chi connectivity index (χ4v) is 2.59. The molecule has 0 amide bonds. The Morgan fingerprint density at radius 1 is 1.25 bits per heavy atom. The number of aryl methyl sites for hydroxylation is 1. The van der Waals surface area contributed by atoms with Crippen molar-refractivity contribution in [1.82, 2.24) is 0 Å². The molecule has 0 heterocycles. The van der Waals surface area contributed by atoms with Crippen LogP contribution in [0.15, 0.2) is 48.5 Å². The van der Waals surface area contributed by atoms with Crippen LogP contribution in [0.5, 0.6) is 0 Å². The Balaban J connectivity index is 2.24. The summed E-state index contributed by atoms with van der Waals surface area (Å²) in [5, 5.41) is 4.18. The highest BCUT2D eigenvalue weighted by Crippen LogP contribution is 2.22. The third kappa shape index (κ3) is 4.94. The van der Waals surface area contributed by atoms with Gasteiger partial charge in [0.1, 0.15) is 6.54 Å². The molecule has 2 aromatic carbocycles. The van der Waals surface area contributed by atoms with Gasteiger partial charge >= 0.3 is 5.97 Å². The predicted molar refractivity (Wildman–Crippen MR) is 103 cm³/mol. The number of carbonyl (C=O) groups is 1. The number of anilines is 2. The highest BCUT2D eigenvalue weighted by molar-refractivity contribution is 7.80. The molecular weight excluding hydrogens is 344 g/mol. The number of halogens is 1. The van der Waals surface area contributed by atoms with Crippen LogP contribution in [0.1, 0.15) is 12.5 Å². The van der Waals surface area contributed by atoms with Gasteiger partial charge in [-0.2, -0.15) is 0 Å². The summed E-state index contributed by atoms with van der Waals surface area (Å²) < 4.78 is 5.05. The Labute approximate surface area is 152 Å². The van der Waals surface area contributed by atoms with E-state index < -0.39 is 0 Å². The molecule has 0 spiro atoms. The lowest BCUT2D eigenvalue weighted by atomic mass is 10.2.